The number of esters is 1. The van der Waals surface area contributed by atoms with Gasteiger partial charge in [-0.05, 0) is 32.9 Å². The number of ether oxygens (including phenoxy) is 2. The minimum atomic E-state index is -0.313. The summed E-state index contributed by atoms with van der Waals surface area (Å²) in [5.74, 6) is 0.297. The van der Waals surface area contributed by atoms with Crippen LogP contribution in [0.4, 0.5) is 11.4 Å². The predicted octanol–water partition coefficient (Wildman–Crippen LogP) is 2.03. The summed E-state index contributed by atoms with van der Waals surface area (Å²) < 4.78 is 10.4. The molecule has 3 N–H and O–H groups in total. The second kappa shape index (κ2) is 6.74. The molecule has 0 spiro atoms. The van der Waals surface area contributed by atoms with Crippen LogP contribution in [-0.2, 0) is 9.53 Å². The average molecular weight is 252 g/mol. The predicted molar refractivity (Wildman–Crippen MR) is 71.7 cm³/mol. The van der Waals surface area contributed by atoms with Crippen LogP contribution in [0.25, 0.3) is 0 Å². The number of rotatable bonds is 6. The first-order chi connectivity index (χ1) is 8.54. The first-order valence-electron chi connectivity index (χ1n) is 5.99. The molecule has 5 nitrogen and oxygen atoms in total. The van der Waals surface area contributed by atoms with E-state index < -0.39 is 0 Å². The van der Waals surface area contributed by atoms with Crippen molar-refractivity contribution < 1.29 is 14.3 Å². The second-order valence-electron chi connectivity index (χ2n) is 4.04. The van der Waals surface area contributed by atoms with Crippen LogP contribution in [0.3, 0.4) is 0 Å². The quantitative estimate of drug-likeness (QED) is 0.598. The molecule has 1 aromatic carbocycles. The van der Waals surface area contributed by atoms with Crippen molar-refractivity contribution in [1.82, 2.24) is 0 Å². The Hall–Kier alpha value is -1.91. The summed E-state index contributed by atoms with van der Waals surface area (Å²) >= 11 is 0. The topological polar surface area (TPSA) is 73.6 Å². The fourth-order valence-electron chi connectivity index (χ4n) is 1.43. The largest absolute Gasteiger partial charge is 0.489 e. The molecule has 0 unspecified atom stereocenters. The summed E-state index contributed by atoms with van der Waals surface area (Å²) in [4.78, 5) is 11.2. The van der Waals surface area contributed by atoms with E-state index in [4.69, 9.17) is 15.2 Å². The van der Waals surface area contributed by atoms with Gasteiger partial charge in [-0.15, -0.1) is 0 Å². The number of carbonyl (C=O) groups excluding carboxylic acids is 1. The lowest BCUT2D eigenvalue weighted by atomic mass is 10.2. The summed E-state index contributed by atoms with van der Waals surface area (Å²) in [6.07, 6.45) is 0.0487. The van der Waals surface area contributed by atoms with Crippen LogP contribution in [0, 0.1) is 0 Å². The number of hydrogen-bond donors (Lipinski definition) is 2. The van der Waals surface area contributed by atoms with Crippen molar-refractivity contribution in [3.63, 3.8) is 0 Å². The van der Waals surface area contributed by atoms with Gasteiger partial charge in [0.15, 0.2) is 0 Å². The zero-order valence-corrected chi connectivity index (χ0v) is 11.0. The number of nitrogens with one attached hydrogen (secondary N) is 1. The number of carbonyl (C=O) groups is 1. The lowest BCUT2D eigenvalue weighted by Gasteiger charge is -2.15. The number of hydrogen-bond acceptors (Lipinski definition) is 5. The molecule has 5 heteroatoms. The molecule has 0 saturated heterocycles. The Morgan fingerprint density at radius 2 is 2.17 bits per heavy atom. The van der Waals surface area contributed by atoms with Crippen molar-refractivity contribution in [2.75, 3.05) is 24.2 Å². The van der Waals surface area contributed by atoms with Crippen LogP contribution in [0.5, 0.6) is 5.75 Å². The Labute approximate surface area is 107 Å². The van der Waals surface area contributed by atoms with Gasteiger partial charge in [-0.1, -0.05) is 6.07 Å². The highest BCUT2D eigenvalue weighted by Crippen LogP contribution is 2.29. The number of benzene rings is 1. The molecule has 0 aliphatic heterocycles. The number of nitrogens with two attached hydrogens (primary N) is 1. The van der Waals surface area contributed by atoms with Crippen LogP contribution in [0.1, 0.15) is 20.8 Å². The van der Waals surface area contributed by atoms with Crippen molar-refractivity contribution in [1.29, 1.82) is 0 Å². The standard InChI is InChI=1S/C13H20N2O3/c1-4-17-12(16)8-15-10-6-5-7-11(13(10)14)18-9(2)3/h5-7,9,15H,4,8,14H2,1-3H3. The minimum absolute atomic E-state index is 0.0487. The van der Waals surface area contributed by atoms with E-state index in [1.54, 1.807) is 19.1 Å². The number of para-hydroxylation sites is 1. The summed E-state index contributed by atoms with van der Waals surface area (Å²) in [7, 11) is 0. The molecule has 100 valence electrons. The van der Waals surface area contributed by atoms with Gasteiger partial charge in [0.2, 0.25) is 0 Å². The molecular weight excluding hydrogens is 232 g/mol. The monoisotopic (exact) mass is 252 g/mol. The maximum atomic E-state index is 11.2. The van der Waals surface area contributed by atoms with Gasteiger partial charge in [-0.25, -0.2) is 0 Å². The molecule has 0 fully saturated rings. The normalized spacial score (nSPS) is 10.2. The Kier molecular flexibility index (Phi) is 5.30. The summed E-state index contributed by atoms with van der Waals surface area (Å²) in [6.45, 7) is 6.08. The Bertz CT molecular complexity index is 405. The van der Waals surface area contributed by atoms with Crippen LogP contribution >= 0.6 is 0 Å². The number of nitrogen functional groups attached to an aromatic ring is 1. The second-order valence-corrected chi connectivity index (χ2v) is 4.04. The molecule has 1 aromatic rings. The molecule has 0 atom stereocenters. The Morgan fingerprint density at radius 1 is 1.44 bits per heavy atom. The summed E-state index contributed by atoms with van der Waals surface area (Å²) in [5.41, 5.74) is 7.12. The van der Waals surface area contributed by atoms with Gasteiger partial charge in [0.25, 0.3) is 0 Å². The minimum Gasteiger partial charge on any atom is -0.489 e. The Balaban J connectivity index is 2.68. The molecule has 1 rings (SSSR count). The van der Waals surface area contributed by atoms with Crippen LogP contribution < -0.4 is 15.8 Å². The molecular formula is C13H20N2O3. The van der Waals surface area contributed by atoms with Gasteiger partial charge in [0.1, 0.15) is 12.3 Å². The molecule has 0 radical (unpaired) electrons. The van der Waals surface area contributed by atoms with Gasteiger partial charge in [0.05, 0.1) is 24.1 Å². The van der Waals surface area contributed by atoms with Crippen molar-refractivity contribution in [2.24, 2.45) is 0 Å². The maximum absolute atomic E-state index is 11.2. The first-order valence-corrected chi connectivity index (χ1v) is 5.99. The number of anilines is 2. The van der Waals surface area contributed by atoms with Crippen molar-refractivity contribution in [3.8, 4) is 5.75 Å². The van der Waals surface area contributed by atoms with Gasteiger partial charge in [-0.3, -0.25) is 4.79 Å². The highest BCUT2D eigenvalue weighted by Gasteiger charge is 2.09. The lowest BCUT2D eigenvalue weighted by molar-refractivity contribution is -0.140. The van der Waals surface area contributed by atoms with E-state index in [0.29, 0.717) is 23.7 Å². The van der Waals surface area contributed by atoms with E-state index in [9.17, 15) is 4.79 Å². The van der Waals surface area contributed by atoms with Gasteiger partial charge in [-0.2, -0.15) is 0 Å². The zero-order valence-electron chi connectivity index (χ0n) is 11.0. The first kappa shape index (κ1) is 14.2. The maximum Gasteiger partial charge on any atom is 0.325 e. The molecule has 0 bridgehead atoms. The van der Waals surface area contributed by atoms with Gasteiger partial charge in [0, 0.05) is 0 Å². The summed E-state index contributed by atoms with van der Waals surface area (Å²) in [6, 6.07) is 5.41. The van der Waals surface area contributed by atoms with Gasteiger partial charge >= 0.3 is 5.97 Å². The zero-order chi connectivity index (χ0) is 13.5. The van der Waals surface area contributed by atoms with E-state index in [0.717, 1.165) is 0 Å². The third-order valence-corrected chi connectivity index (χ3v) is 2.16. The fraction of sp³-hybridized carbons (Fsp3) is 0.462. The molecule has 0 saturated carbocycles. The lowest BCUT2D eigenvalue weighted by Crippen LogP contribution is -2.17. The highest BCUT2D eigenvalue weighted by atomic mass is 16.5. The van der Waals surface area contributed by atoms with E-state index >= 15 is 0 Å². The molecule has 0 aromatic heterocycles. The van der Waals surface area contributed by atoms with E-state index in [-0.39, 0.29) is 18.6 Å². The smallest absolute Gasteiger partial charge is 0.325 e. The molecule has 18 heavy (non-hydrogen) atoms. The van der Waals surface area contributed by atoms with E-state index in [1.165, 1.54) is 0 Å². The molecule has 0 aliphatic carbocycles. The SMILES string of the molecule is CCOC(=O)CNc1cccc(OC(C)C)c1N. The van der Waals surface area contributed by atoms with Crippen LogP contribution in [0.15, 0.2) is 18.2 Å². The molecule has 0 amide bonds. The van der Waals surface area contributed by atoms with Crippen LogP contribution in [0.2, 0.25) is 0 Å². The van der Waals surface area contributed by atoms with Crippen molar-refractivity contribution >= 4 is 17.3 Å². The van der Waals surface area contributed by atoms with E-state index in [1.807, 2.05) is 19.9 Å². The fourth-order valence-corrected chi connectivity index (χ4v) is 1.43. The van der Waals surface area contributed by atoms with Crippen molar-refractivity contribution in [2.45, 2.75) is 26.9 Å². The van der Waals surface area contributed by atoms with E-state index in [2.05, 4.69) is 5.32 Å². The van der Waals surface area contributed by atoms with Crippen molar-refractivity contribution in [3.05, 3.63) is 18.2 Å². The third-order valence-electron chi connectivity index (χ3n) is 2.16. The highest BCUT2D eigenvalue weighted by molar-refractivity contribution is 5.79. The van der Waals surface area contributed by atoms with Crippen LogP contribution in [-0.4, -0.2) is 25.2 Å². The third kappa shape index (κ3) is 4.16. The molecule has 0 aliphatic rings. The molecule has 0 heterocycles. The Morgan fingerprint density at radius 3 is 2.78 bits per heavy atom. The average Bonchev–Trinajstić information content (AvgIpc) is 2.30. The van der Waals surface area contributed by atoms with Gasteiger partial charge < -0.3 is 20.5 Å². The summed E-state index contributed by atoms with van der Waals surface area (Å²) in [5, 5.41) is 2.93.